The van der Waals surface area contributed by atoms with Crippen molar-refractivity contribution in [3.05, 3.63) is 36.0 Å². The van der Waals surface area contributed by atoms with Gasteiger partial charge >= 0.3 is 0 Å². The van der Waals surface area contributed by atoms with Gasteiger partial charge in [-0.25, -0.2) is 0 Å². The largest absolute Gasteiger partial charge is 0.497 e. The Morgan fingerprint density at radius 2 is 1.67 bits per heavy atom. The second-order valence-electron chi connectivity index (χ2n) is 7.41. The third-order valence-corrected chi connectivity index (χ3v) is 5.64. The lowest BCUT2D eigenvalue weighted by Crippen LogP contribution is -2.47. The number of H-pyrrole nitrogens is 1. The molecule has 0 amide bonds. The van der Waals surface area contributed by atoms with Crippen molar-refractivity contribution < 1.29 is 14.2 Å². The van der Waals surface area contributed by atoms with E-state index in [1.807, 2.05) is 12.1 Å². The summed E-state index contributed by atoms with van der Waals surface area (Å²) >= 11 is 0. The number of hydrogen-bond donors (Lipinski definition) is 1. The molecule has 1 aromatic carbocycles. The number of hydrogen-bond acceptors (Lipinski definition) is 7. The van der Waals surface area contributed by atoms with Crippen molar-refractivity contribution in [1.82, 2.24) is 19.9 Å². The number of piperazine rings is 1. The van der Waals surface area contributed by atoms with E-state index in [1.54, 1.807) is 27.4 Å². The fraction of sp³-hybridized carbons (Fsp3) is 0.455. The summed E-state index contributed by atoms with van der Waals surface area (Å²) in [5.41, 5.74) is 2.50. The summed E-state index contributed by atoms with van der Waals surface area (Å²) in [5.74, 6) is 2.60. The van der Waals surface area contributed by atoms with Crippen molar-refractivity contribution in [1.29, 1.82) is 0 Å². The number of fused-ring (bicyclic) bond motifs is 1. The summed E-state index contributed by atoms with van der Waals surface area (Å²) in [7, 11) is 4.91. The zero-order valence-corrected chi connectivity index (χ0v) is 17.9. The number of aromatic nitrogens is 3. The third-order valence-electron chi connectivity index (χ3n) is 5.64. The molecule has 3 heterocycles. The summed E-state index contributed by atoms with van der Waals surface area (Å²) in [4.78, 5) is 17.0. The van der Waals surface area contributed by atoms with Crippen LogP contribution < -0.4 is 19.1 Å². The smallest absolute Gasteiger partial charge is 0.232 e. The van der Waals surface area contributed by atoms with Crippen LogP contribution in [0.2, 0.25) is 0 Å². The average molecular weight is 412 g/mol. The van der Waals surface area contributed by atoms with Gasteiger partial charge in [-0.2, -0.15) is 9.97 Å². The molecule has 0 atom stereocenters. The highest BCUT2D eigenvalue weighted by Crippen LogP contribution is 2.24. The topological polar surface area (TPSA) is 75.7 Å². The van der Waals surface area contributed by atoms with Crippen LogP contribution in [0.5, 0.6) is 17.5 Å². The molecule has 1 fully saturated rings. The molecule has 1 saturated heterocycles. The fourth-order valence-corrected chi connectivity index (χ4v) is 3.91. The Hall–Kier alpha value is -3.00. The Labute approximate surface area is 176 Å². The van der Waals surface area contributed by atoms with Gasteiger partial charge in [0.25, 0.3) is 0 Å². The Morgan fingerprint density at radius 1 is 0.933 bits per heavy atom. The molecule has 0 saturated carbocycles. The molecule has 3 aromatic rings. The third kappa shape index (κ3) is 4.43. The normalized spacial score (nSPS) is 14.8. The highest BCUT2D eigenvalue weighted by atomic mass is 16.5. The quantitative estimate of drug-likeness (QED) is 0.611. The van der Waals surface area contributed by atoms with Gasteiger partial charge in [0.15, 0.2) is 0 Å². The van der Waals surface area contributed by atoms with E-state index >= 15 is 0 Å². The number of aryl methyl sites for hydroxylation is 1. The molecule has 160 valence electrons. The van der Waals surface area contributed by atoms with E-state index in [-0.39, 0.29) is 0 Å². The van der Waals surface area contributed by atoms with Crippen molar-refractivity contribution in [3.63, 3.8) is 0 Å². The first kappa shape index (κ1) is 20.3. The highest BCUT2D eigenvalue weighted by Gasteiger charge is 2.20. The molecule has 0 spiro atoms. The number of nitrogens with one attached hydrogen (secondary N) is 1. The number of nitrogens with zero attached hydrogens (tertiary/aromatic N) is 4. The summed E-state index contributed by atoms with van der Waals surface area (Å²) < 4.78 is 15.8. The van der Waals surface area contributed by atoms with Crippen LogP contribution in [0.1, 0.15) is 12.0 Å². The van der Waals surface area contributed by atoms with Crippen LogP contribution >= 0.6 is 0 Å². The van der Waals surface area contributed by atoms with Gasteiger partial charge in [-0.05, 0) is 37.1 Å². The second kappa shape index (κ2) is 9.21. The first-order chi connectivity index (χ1) is 14.7. The predicted octanol–water partition coefficient (Wildman–Crippen LogP) is 2.74. The molecular weight excluding hydrogens is 382 g/mol. The molecule has 0 bridgehead atoms. The standard InChI is InChI=1S/C22H29N5O3/c1-28-17-6-7-18-16(15-23-19(18)13-17)5-4-8-26-9-11-27(12-10-26)22-24-20(29-2)14-21(25-22)30-3/h6-7,13-15,23H,4-5,8-12H2,1-3H3. The lowest BCUT2D eigenvalue weighted by atomic mass is 10.1. The lowest BCUT2D eigenvalue weighted by molar-refractivity contribution is 0.253. The van der Waals surface area contributed by atoms with Gasteiger partial charge < -0.3 is 24.1 Å². The number of rotatable bonds is 8. The van der Waals surface area contributed by atoms with Crippen molar-refractivity contribution in [2.45, 2.75) is 12.8 Å². The minimum atomic E-state index is 0.524. The zero-order chi connectivity index (χ0) is 20.9. The molecule has 8 nitrogen and oxygen atoms in total. The van der Waals surface area contributed by atoms with Gasteiger partial charge in [-0.1, -0.05) is 0 Å². The molecular formula is C22H29N5O3. The Morgan fingerprint density at radius 3 is 2.33 bits per heavy atom. The predicted molar refractivity (Wildman–Crippen MR) is 117 cm³/mol. The highest BCUT2D eigenvalue weighted by molar-refractivity contribution is 5.84. The summed E-state index contributed by atoms with van der Waals surface area (Å²) in [6.45, 7) is 4.85. The fourth-order valence-electron chi connectivity index (χ4n) is 3.91. The maximum absolute atomic E-state index is 5.30. The molecule has 4 rings (SSSR count). The van der Waals surface area contributed by atoms with Crippen LogP contribution in [-0.2, 0) is 6.42 Å². The van der Waals surface area contributed by atoms with E-state index in [1.165, 1.54) is 10.9 Å². The molecule has 1 N–H and O–H groups in total. The van der Waals surface area contributed by atoms with Crippen LogP contribution in [0.3, 0.4) is 0 Å². The van der Waals surface area contributed by atoms with E-state index in [4.69, 9.17) is 14.2 Å². The SMILES string of the molecule is COc1ccc2c(CCCN3CCN(c4nc(OC)cc(OC)n4)CC3)c[nH]c2c1. The van der Waals surface area contributed by atoms with Crippen LogP contribution in [0, 0.1) is 0 Å². The molecule has 0 aliphatic carbocycles. The van der Waals surface area contributed by atoms with Crippen LogP contribution in [-0.4, -0.2) is 73.9 Å². The summed E-state index contributed by atoms with van der Waals surface area (Å²) in [5, 5.41) is 1.28. The van der Waals surface area contributed by atoms with Gasteiger partial charge in [-0.15, -0.1) is 0 Å². The molecule has 2 aromatic heterocycles. The maximum atomic E-state index is 5.30. The molecule has 0 unspecified atom stereocenters. The van der Waals surface area contributed by atoms with Gasteiger partial charge in [0.1, 0.15) is 5.75 Å². The van der Waals surface area contributed by atoms with Gasteiger partial charge in [0.05, 0.1) is 27.4 Å². The number of methoxy groups -OCH3 is 3. The Bertz CT molecular complexity index is 960. The van der Waals surface area contributed by atoms with E-state index in [2.05, 4.69) is 37.0 Å². The monoisotopic (exact) mass is 411 g/mol. The molecule has 0 radical (unpaired) electrons. The van der Waals surface area contributed by atoms with Gasteiger partial charge in [-0.3, -0.25) is 4.90 Å². The van der Waals surface area contributed by atoms with Crippen LogP contribution in [0.15, 0.2) is 30.5 Å². The Balaban J connectivity index is 1.28. The van der Waals surface area contributed by atoms with Crippen molar-refractivity contribution in [3.8, 4) is 17.5 Å². The Kier molecular flexibility index (Phi) is 6.23. The summed E-state index contributed by atoms with van der Waals surface area (Å²) in [6, 6.07) is 7.91. The number of anilines is 1. The van der Waals surface area contributed by atoms with Crippen LogP contribution in [0.25, 0.3) is 10.9 Å². The van der Waals surface area contributed by atoms with Crippen LogP contribution in [0.4, 0.5) is 5.95 Å². The van der Waals surface area contributed by atoms with Gasteiger partial charge in [0.2, 0.25) is 17.7 Å². The minimum Gasteiger partial charge on any atom is -0.497 e. The molecule has 30 heavy (non-hydrogen) atoms. The molecule has 8 heteroatoms. The minimum absolute atomic E-state index is 0.524. The van der Waals surface area contributed by atoms with E-state index in [9.17, 15) is 0 Å². The summed E-state index contributed by atoms with van der Waals surface area (Å²) in [6.07, 6.45) is 4.31. The zero-order valence-electron chi connectivity index (χ0n) is 17.9. The molecule has 1 aliphatic rings. The van der Waals surface area contributed by atoms with E-state index in [0.717, 1.165) is 56.8 Å². The number of benzene rings is 1. The average Bonchev–Trinajstić information content (AvgIpc) is 3.21. The van der Waals surface area contributed by atoms with Crippen molar-refractivity contribution in [2.24, 2.45) is 0 Å². The molecule has 1 aliphatic heterocycles. The van der Waals surface area contributed by atoms with Crippen molar-refractivity contribution in [2.75, 3.05) is 59.0 Å². The lowest BCUT2D eigenvalue weighted by Gasteiger charge is -2.34. The van der Waals surface area contributed by atoms with Crippen molar-refractivity contribution >= 4 is 16.9 Å². The van der Waals surface area contributed by atoms with E-state index < -0.39 is 0 Å². The maximum Gasteiger partial charge on any atom is 0.232 e. The second-order valence-corrected chi connectivity index (χ2v) is 7.41. The van der Waals surface area contributed by atoms with E-state index in [0.29, 0.717) is 17.7 Å². The van der Waals surface area contributed by atoms with Gasteiger partial charge in [0, 0.05) is 49.3 Å². The first-order valence-electron chi connectivity index (χ1n) is 10.3. The number of aromatic amines is 1. The number of ether oxygens (including phenoxy) is 3. The first-order valence-corrected chi connectivity index (χ1v) is 10.3.